The van der Waals surface area contributed by atoms with E-state index in [1.807, 2.05) is 41.8 Å². The van der Waals surface area contributed by atoms with E-state index >= 15 is 0 Å². The minimum atomic E-state index is -1.12. The molecule has 5 nitrogen and oxygen atoms in total. The normalized spacial score (nSPS) is 12.4. The summed E-state index contributed by atoms with van der Waals surface area (Å²) in [5.41, 5.74) is 1.79. The van der Waals surface area contributed by atoms with Gasteiger partial charge in [0, 0.05) is 16.6 Å². The van der Waals surface area contributed by atoms with Crippen molar-refractivity contribution in [3.05, 3.63) is 58.8 Å². The summed E-state index contributed by atoms with van der Waals surface area (Å²) >= 11 is 1.53. The number of hydrogen-bond donors (Lipinski definition) is 1. The van der Waals surface area contributed by atoms with Crippen LogP contribution in [0.3, 0.4) is 0 Å². The zero-order chi connectivity index (χ0) is 15.4. The van der Waals surface area contributed by atoms with Crippen molar-refractivity contribution in [2.45, 2.75) is 18.1 Å². The Bertz CT molecular complexity index is 751. The molecule has 1 aromatic carbocycles. The van der Waals surface area contributed by atoms with Gasteiger partial charge in [0.25, 0.3) is 0 Å². The molecule has 0 saturated heterocycles. The molecule has 2 aromatic heterocycles. The minimum Gasteiger partial charge on any atom is -0.392 e. The Balaban J connectivity index is 1.61. The highest BCUT2D eigenvalue weighted by Crippen LogP contribution is 2.21. The first-order chi connectivity index (χ1) is 10.7. The maximum Gasteiger partial charge on any atom is 0.239 e. The van der Waals surface area contributed by atoms with Gasteiger partial charge in [-0.25, -0.2) is 0 Å². The largest absolute Gasteiger partial charge is 0.392 e. The molecule has 2 heterocycles. The van der Waals surface area contributed by atoms with Crippen LogP contribution in [0.2, 0.25) is 0 Å². The lowest BCUT2D eigenvalue weighted by Crippen LogP contribution is -2.00. The van der Waals surface area contributed by atoms with Crippen LogP contribution >= 0.6 is 11.3 Å². The molecule has 0 saturated carbocycles. The molecule has 0 fully saturated rings. The molecular formula is C15H14N2O3S2. The number of aliphatic hydroxyl groups excluding tert-OH is 1. The van der Waals surface area contributed by atoms with E-state index in [1.54, 1.807) is 0 Å². The summed E-state index contributed by atoms with van der Waals surface area (Å²) in [5, 5.41) is 14.8. The fourth-order valence-electron chi connectivity index (χ4n) is 1.93. The van der Waals surface area contributed by atoms with Gasteiger partial charge < -0.3 is 9.63 Å². The molecular weight excluding hydrogens is 320 g/mol. The second kappa shape index (κ2) is 6.95. The topological polar surface area (TPSA) is 76.2 Å². The van der Waals surface area contributed by atoms with Crippen molar-refractivity contribution < 1.29 is 13.8 Å². The number of hydrogen-bond acceptors (Lipinski definition) is 6. The van der Waals surface area contributed by atoms with Crippen LogP contribution in [0.25, 0.3) is 10.7 Å². The average Bonchev–Trinajstić information content (AvgIpc) is 3.19. The van der Waals surface area contributed by atoms with Crippen molar-refractivity contribution in [3.63, 3.8) is 0 Å². The zero-order valence-corrected chi connectivity index (χ0v) is 13.3. The molecule has 0 spiro atoms. The lowest BCUT2D eigenvalue weighted by atomic mass is 10.2. The summed E-state index contributed by atoms with van der Waals surface area (Å²) in [6, 6.07) is 11.2. The van der Waals surface area contributed by atoms with Gasteiger partial charge in [0.15, 0.2) is 0 Å². The molecule has 0 radical (unpaired) electrons. The highest BCUT2D eigenvalue weighted by molar-refractivity contribution is 7.83. The number of benzene rings is 1. The predicted molar refractivity (Wildman–Crippen MR) is 85.5 cm³/mol. The standard InChI is InChI=1S/C15H14N2O3S2/c18-8-11-3-5-12(6-4-11)9-22(19)10-14-16-15(17-20-14)13-2-1-7-21-13/h1-7,18H,8-10H2. The van der Waals surface area contributed by atoms with Gasteiger partial charge in [0.1, 0.15) is 5.75 Å². The minimum absolute atomic E-state index is 0.0108. The summed E-state index contributed by atoms with van der Waals surface area (Å²) in [5.74, 6) is 1.57. The van der Waals surface area contributed by atoms with Crippen LogP contribution in [0.4, 0.5) is 0 Å². The molecule has 1 atom stereocenters. The molecule has 0 aliphatic heterocycles. The van der Waals surface area contributed by atoms with Crippen LogP contribution in [0, 0.1) is 0 Å². The Hall–Kier alpha value is -1.83. The van der Waals surface area contributed by atoms with Gasteiger partial charge in [-0.2, -0.15) is 4.98 Å². The molecule has 7 heteroatoms. The molecule has 22 heavy (non-hydrogen) atoms. The quantitative estimate of drug-likeness (QED) is 0.750. The summed E-state index contributed by atoms with van der Waals surface area (Å²) < 4.78 is 17.3. The number of aliphatic hydroxyl groups is 1. The third-order valence-corrected chi connectivity index (χ3v) is 5.12. The Morgan fingerprint density at radius 3 is 2.59 bits per heavy atom. The molecule has 3 aromatic rings. The molecule has 0 amide bonds. The van der Waals surface area contributed by atoms with Crippen LogP contribution in [0.5, 0.6) is 0 Å². The number of thiophene rings is 1. The first-order valence-electron chi connectivity index (χ1n) is 6.64. The smallest absolute Gasteiger partial charge is 0.239 e. The SMILES string of the molecule is O=S(Cc1ccc(CO)cc1)Cc1nc(-c2cccs2)no1. The van der Waals surface area contributed by atoms with Gasteiger partial charge in [0.05, 0.1) is 11.5 Å². The third kappa shape index (κ3) is 3.68. The van der Waals surface area contributed by atoms with Gasteiger partial charge in [-0.15, -0.1) is 11.3 Å². The van der Waals surface area contributed by atoms with Crippen LogP contribution in [0.15, 0.2) is 46.3 Å². The first kappa shape index (κ1) is 15.1. The highest BCUT2D eigenvalue weighted by Gasteiger charge is 2.12. The molecule has 114 valence electrons. The van der Waals surface area contributed by atoms with Gasteiger partial charge in [-0.1, -0.05) is 35.5 Å². The maximum atomic E-state index is 12.2. The number of aromatic nitrogens is 2. The van der Waals surface area contributed by atoms with E-state index in [0.717, 1.165) is 16.0 Å². The first-order valence-corrected chi connectivity index (χ1v) is 9.01. The van der Waals surface area contributed by atoms with Crippen molar-refractivity contribution in [2.75, 3.05) is 0 Å². The molecule has 0 aliphatic carbocycles. The van der Waals surface area contributed by atoms with E-state index in [-0.39, 0.29) is 12.4 Å². The highest BCUT2D eigenvalue weighted by atomic mass is 32.2. The van der Waals surface area contributed by atoms with E-state index in [2.05, 4.69) is 10.1 Å². The summed E-state index contributed by atoms with van der Waals surface area (Å²) in [6.07, 6.45) is 0. The molecule has 0 bridgehead atoms. The van der Waals surface area contributed by atoms with Crippen LogP contribution < -0.4 is 0 Å². The fraction of sp³-hybridized carbons (Fsp3) is 0.200. The van der Waals surface area contributed by atoms with Gasteiger partial charge in [0.2, 0.25) is 11.7 Å². The van der Waals surface area contributed by atoms with Gasteiger partial charge >= 0.3 is 0 Å². The summed E-state index contributed by atoms with van der Waals surface area (Å²) in [4.78, 5) is 5.20. The van der Waals surface area contributed by atoms with Crippen molar-refractivity contribution in [2.24, 2.45) is 0 Å². The van der Waals surface area contributed by atoms with Crippen LogP contribution in [-0.2, 0) is 28.9 Å². The van der Waals surface area contributed by atoms with Crippen LogP contribution in [0.1, 0.15) is 17.0 Å². The van der Waals surface area contributed by atoms with Crippen molar-refractivity contribution in [1.82, 2.24) is 10.1 Å². The summed E-state index contributed by atoms with van der Waals surface area (Å²) in [7, 11) is -1.12. The molecule has 1 N–H and O–H groups in total. The number of rotatable bonds is 6. The Kier molecular flexibility index (Phi) is 4.77. The van der Waals surface area contributed by atoms with E-state index in [4.69, 9.17) is 9.63 Å². The average molecular weight is 334 g/mol. The monoisotopic (exact) mass is 334 g/mol. The van der Waals surface area contributed by atoms with Crippen molar-refractivity contribution >= 4 is 22.1 Å². The Morgan fingerprint density at radius 1 is 1.14 bits per heavy atom. The lowest BCUT2D eigenvalue weighted by molar-refractivity contribution is 0.282. The van der Waals surface area contributed by atoms with Crippen molar-refractivity contribution in [3.8, 4) is 10.7 Å². The Morgan fingerprint density at radius 2 is 1.91 bits per heavy atom. The number of nitrogens with zero attached hydrogens (tertiary/aromatic N) is 2. The maximum absolute atomic E-state index is 12.2. The fourth-order valence-corrected chi connectivity index (χ4v) is 3.64. The third-order valence-electron chi connectivity index (χ3n) is 3.03. The van der Waals surface area contributed by atoms with Gasteiger partial charge in [-0.05, 0) is 22.6 Å². The van der Waals surface area contributed by atoms with Crippen LogP contribution in [-0.4, -0.2) is 19.5 Å². The van der Waals surface area contributed by atoms with E-state index < -0.39 is 10.8 Å². The Labute approximate surface area is 134 Å². The van der Waals surface area contributed by atoms with E-state index in [9.17, 15) is 4.21 Å². The van der Waals surface area contributed by atoms with Gasteiger partial charge in [-0.3, -0.25) is 4.21 Å². The summed E-state index contributed by atoms with van der Waals surface area (Å²) in [6.45, 7) is 0.0108. The van der Waals surface area contributed by atoms with E-state index in [0.29, 0.717) is 17.5 Å². The molecule has 1 unspecified atom stereocenters. The van der Waals surface area contributed by atoms with E-state index in [1.165, 1.54) is 11.3 Å². The molecule has 3 rings (SSSR count). The lowest BCUT2D eigenvalue weighted by Gasteiger charge is -2.01. The second-order valence-corrected chi connectivity index (χ2v) is 7.10. The second-order valence-electron chi connectivity index (χ2n) is 4.69. The van der Waals surface area contributed by atoms with Crippen molar-refractivity contribution in [1.29, 1.82) is 0 Å². The predicted octanol–water partition coefficient (Wildman–Crippen LogP) is 2.74. The molecule has 0 aliphatic rings. The zero-order valence-electron chi connectivity index (χ0n) is 11.6.